The second-order valence-electron chi connectivity index (χ2n) is 9.39. The van der Waals surface area contributed by atoms with Crippen molar-refractivity contribution in [3.05, 3.63) is 93.5 Å². The van der Waals surface area contributed by atoms with E-state index in [-0.39, 0.29) is 41.4 Å². The molecule has 198 valence electrons. The zero-order valence-corrected chi connectivity index (χ0v) is 21.4. The van der Waals surface area contributed by atoms with Crippen LogP contribution in [-0.2, 0) is 16.1 Å². The van der Waals surface area contributed by atoms with E-state index in [0.717, 1.165) is 11.1 Å². The van der Waals surface area contributed by atoms with Gasteiger partial charge in [0.05, 0.1) is 12.0 Å². The summed E-state index contributed by atoms with van der Waals surface area (Å²) in [6, 6.07) is 19.2. The Kier molecular flexibility index (Phi) is 8.58. The van der Waals surface area contributed by atoms with Gasteiger partial charge >= 0.3 is 11.7 Å². The maximum atomic E-state index is 12.8. The summed E-state index contributed by atoms with van der Waals surface area (Å²) >= 11 is 0. The topological polar surface area (TPSA) is 120 Å². The molecule has 9 nitrogen and oxygen atoms in total. The molecule has 0 atom stereocenters. The van der Waals surface area contributed by atoms with Crippen LogP contribution in [0.2, 0.25) is 0 Å². The minimum Gasteiger partial charge on any atom is -0.496 e. The maximum Gasteiger partial charge on any atom is 0.345 e. The van der Waals surface area contributed by atoms with Gasteiger partial charge in [0, 0.05) is 23.7 Å². The van der Waals surface area contributed by atoms with Gasteiger partial charge in [0.25, 0.3) is 0 Å². The van der Waals surface area contributed by atoms with Crippen LogP contribution in [-0.4, -0.2) is 30.0 Å². The van der Waals surface area contributed by atoms with Crippen molar-refractivity contribution in [1.82, 2.24) is 0 Å². The molecule has 0 bridgehead atoms. The van der Waals surface area contributed by atoms with E-state index in [0.29, 0.717) is 37.1 Å². The molecule has 3 aromatic rings. The number of nitro groups is 1. The van der Waals surface area contributed by atoms with E-state index in [1.807, 2.05) is 49.4 Å². The zero-order chi connectivity index (χ0) is 27.1. The van der Waals surface area contributed by atoms with Gasteiger partial charge in [0.15, 0.2) is 0 Å². The Balaban J connectivity index is 1.37. The predicted octanol–water partition coefficient (Wildman–Crippen LogP) is 5.88. The van der Waals surface area contributed by atoms with E-state index in [4.69, 9.17) is 9.47 Å². The molecule has 0 aromatic heterocycles. The molecule has 1 fully saturated rings. The van der Waals surface area contributed by atoms with Crippen molar-refractivity contribution in [3.8, 4) is 5.75 Å². The number of hydrogen-bond donors (Lipinski definition) is 2. The van der Waals surface area contributed by atoms with Crippen molar-refractivity contribution in [1.29, 1.82) is 0 Å². The van der Waals surface area contributed by atoms with Gasteiger partial charge in [-0.05, 0) is 61.9 Å². The van der Waals surface area contributed by atoms with Crippen LogP contribution >= 0.6 is 0 Å². The van der Waals surface area contributed by atoms with Crippen LogP contribution in [0.1, 0.15) is 47.2 Å². The van der Waals surface area contributed by atoms with Crippen LogP contribution in [0.3, 0.4) is 0 Å². The number of methoxy groups -OCH3 is 1. The van der Waals surface area contributed by atoms with Gasteiger partial charge in [-0.15, -0.1) is 0 Å². The Morgan fingerprint density at radius 1 is 1.00 bits per heavy atom. The van der Waals surface area contributed by atoms with E-state index in [2.05, 4.69) is 10.6 Å². The van der Waals surface area contributed by atoms with Gasteiger partial charge in [-0.25, -0.2) is 4.79 Å². The van der Waals surface area contributed by atoms with Crippen molar-refractivity contribution in [2.24, 2.45) is 5.92 Å². The molecule has 4 rings (SSSR count). The van der Waals surface area contributed by atoms with Gasteiger partial charge in [-0.3, -0.25) is 14.9 Å². The first-order valence-corrected chi connectivity index (χ1v) is 12.6. The van der Waals surface area contributed by atoms with Gasteiger partial charge in [-0.2, -0.15) is 0 Å². The molecule has 1 saturated carbocycles. The minimum absolute atomic E-state index is 0.0237. The molecule has 0 radical (unpaired) electrons. The predicted molar refractivity (Wildman–Crippen MR) is 144 cm³/mol. The summed E-state index contributed by atoms with van der Waals surface area (Å²) < 4.78 is 10.7. The third kappa shape index (κ3) is 6.47. The summed E-state index contributed by atoms with van der Waals surface area (Å²) in [6.07, 6.45) is 2.60. The van der Waals surface area contributed by atoms with Crippen LogP contribution in [0, 0.1) is 23.0 Å². The van der Waals surface area contributed by atoms with Gasteiger partial charge < -0.3 is 20.1 Å². The third-order valence-electron chi connectivity index (χ3n) is 6.78. The normalized spacial score (nSPS) is 16.8. The quantitative estimate of drug-likeness (QED) is 0.207. The molecule has 38 heavy (non-hydrogen) atoms. The first kappa shape index (κ1) is 26.7. The summed E-state index contributed by atoms with van der Waals surface area (Å²) in [4.78, 5) is 36.9. The lowest BCUT2D eigenvalue weighted by atomic mass is 9.85. The lowest BCUT2D eigenvalue weighted by Crippen LogP contribution is -2.32. The van der Waals surface area contributed by atoms with Crippen LogP contribution in [0.4, 0.5) is 17.1 Å². The molecule has 0 heterocycles. The Hall–Kier alpha value is -4.40. The van der Waals surface area contributed by atoms with Gasteiger partial charge in [0.1, 0.15) is 23.6 Å². The molecule has 2 N–H and O–H groups in total. The van der Waals surface area contributed by atoms with Crippen molar-refractivity contribution in [2.45, 2.75) is 45.3 Å². The molecule has 1 aliphatic carbocycles. The van der Waals surface area contributed by atoms with Gasteiger partial charge in [-0.1, -0.05) is 42.5 Å². The smallest absolute Gasteiger partial charge is 0.345 e. The molecule has 0 unspecified atom stereocenters. The Bertz CT molecular complexity index is 1300. The number of aryl methyl sites for hydroxylation is 1. The zero-order valence-electron chi connectivity index (χ0n) is 21.4. The average Bonchev–Trinajstić information content (AvgIpc) is 2.93. The molecule has 9 heteroatoms. The highest BCUT2D eigenvalue weighted by Gasteiger charge is 2.30. The SMILES string of the molecule is COc1cc(NC(=O)C2CCC(Nc3cccc(C(=O)OCc4ccccc4)c3[N+](=O)[O-])CC2)ccc1C. The number of hydrogen-bond acceptors (Lipinski definition) is 7. The molecular formula is C29H31N3O6. The summed E-state index contributed by atoms with van der Waals surface area (Å²) in [5.41, 5.74) is 2.32. The monoisotopic (exact) mass is 517 g/mol. The maximum absolute atomic E-state index is 12.8. The molecular weight excluding hydrogens is 486 g/mol. The third-order valence-corrected chi connectivity index (χ3v) is 6.78. The number of benzene rings is 3. The molecule has 0 saturated heterocycles. The molecule has 3 aromatic carbocycles. The summed E-state index contributed by atoms with van der Waals surface area (Å²) in [5.74, 6) is -0.251. The lowest BCUT2D eigenvalue weighted by Gasteiger charge is -2.29. The Morgan fingerprint density at radius 2 is 1.74 bits per heavy atom. The standard InChI is InChI=1S/C29H31N3O6/c1-19-11-14-23(17-26(19)37-2)31-28(33)21-12-15-22(16-13-21)30-25-10-6-9-24(27(25)32(35)36)29(34)38-18-20-7-4-3-5-8-20/h3-11,14,17,21-22,30H,12-13,15-16,18H2,1-2H3,(H,31,33). The molecule has 0 spiro atoms. The number of carbonyl (C=O) groups excluding carboxylic acids is 2. The van der Waals surface area contributed by atoms with E-state index in [9.17, 15) is 19.7 Å². The number of rotatable bonds is 9. The first-order valence-electron chi connectivity index (χ1n) is 12.6. The minimum atomic E-state index is -0.752. The van der Waals surface area contributed by atoms with Crippen LogP contribution in [0.15, 0.2) is 66.7 Å². The highest BCUT2D eigenvalue weighted by molar-refractivity contribution is 5.97. The molecule has 1 aliphatic rings. The average molecular weight is 518 g/mol. The van der Waals surface area contributed by atoms with Crippen molar-refractivity contribution in [3.63, 3.8) is 0 Å². The summed E-state index contributed by atoms with van der Waals surface area (Å²) in [6.45, 7) is 1.96. The number of esters is 1. The van der Waals surface area contributed by atoms with Crippen molar-refractivity contribution >= 4 is 28.9 Å². The van der Waals surface area contributed by atoms with E-state index >= 15 is 0 Å². The van der Waals surface area contributed by atoms with Crippen LogP contribution in [0.25, 0.3) is 0 Å². The fourth-order valence-corrected chi connectivity index (χ4v) is 4.68. The number of nitrogens with zero attached hydrogens (tertiary/aromatic N) is 1. The van der Waals surface area contributed by atoms with Crippen LogP contribution in [0.5, 0.6) is 5.75 Å². The van der Waals surface area contributed by atoms with E-state index in [1.54, 1.807) is 25.3 Å². The Labute approximate surface area is 221 Å². The largest absolute Gasteiger partial charge is 0.496 e. The number of para-hydroxylation sites is 1. The lowest BCUT2D eigenvalue weighted by molar-refractivity contribution is -0.384. The summed E-state index contributed by atoms with van der Waals surface area (Å²) in [5, 5.41) is 18.1. The molecule has 0 aliphatic heterocycles. The van der Waals surface area contributed by atoms with Gasteiger partial charge in [0.2, 0.25) is 5.91 Å². The summed E-state index contributed by atoms with van der Waals surface area (Å²) in [7, 11) is 1.59. The number of nitrogens with one attached hydrogen (secondary N) is 2. The Morgan fingerprint density at radius 3 is 2.42 bits per heavy atom. The van der Waals surface area contributed by atoms with Crippen molar-refractivity contribution in [2.75, 3.05) is 17.7 Å². The van der Waals surface area contributed by atoms with Crippen LogP contribution < -0.4 is 15.4 Å². The highest BCUT2D eigenvalue weighted by Crippen LogP contribution is 2.34. The number of carbonyl (C=O) groups is 2. The second-order valence-corrected chi connectivity index (χ2v) is 9.39. The fourth-order valence-electron chi connectivity index (χ4n) is 4.68. The second kappa shape index (κ2) is 12.2. The number of nitro benzene ring substituents is 1. The highest BCUT2D eigenvalue weighted by atomic mass is 16.6. The number of ether oxygens (including phenoxy) is 2. The number of anilines is 2. The van der Waals surface area contributed by atoms with Crippen molar-refractivity contribution < 1.29 is 24.0 Å². The first-order chi connectivity index (χ1) is 18.4. The van der Waals surface area contributed by atoms with E-state index < -0.39 is 10.9 Å². The molecule has 1 amide bonds. The fraction of sp³-hybridized carbons (Fsp3) is 0.310. The number of amides is 1. The van der Waals surface area contributed by atoms with E-state index in [1.165, 1.54) is 6.07 Å².